The number of rotatable bonds is 6. The SMILES string of the molecule is CC.COCC(C)(C)COc1c(I)cc(C(=O)OC)oc1=O. The van der Waals surface area contributed by atoms with Crippen LogP contribution < -0.4 is 10.4 Å². The largest absolute Gasteiger partial charge is 0.485 e. The Balaban J connectivity index is 0.00000211. The van der Waals surface area contributed by atoms with Crippen LogP contribution in [0.3, 0.4) is 0 Å². The fourth-order valence-corrected chi connectivity index (χ4v) is 2.14. The molecule has 0 amide bonds. The average Bonchev–Trinajstić information content (AvgIpc) is 2.47. The lowest BCUT2D eigenvalue weighted by atomic mass is 9.96. The van der Waals surface area contributed by atoms with Gasteiger partial charge in [-0.2, -0.15) is 0 Å². The maximum atomic E-state index is 11.8. The minimum Gasteiger partial charge on any atom is -0.485 e. The summed E-state index contributed by atoms with van der Waals surface area (Å²) in [4.78, 5) is 23.1. The zero-order chi connectivity index (χ0) is 17.3. The Morgan fingerprint density at radius 2 is 1.86 bits per heavy atom. The summed E-state index contributed by atoms with van der Waals surface area (Å²) in [5, 5.41) is 0. The number of carbonyl (C=O) groups excluding carboxylic acids is 1. The lowest BCUT2D eigenvalue weighted by molar-refractivity contribution is 0.0548. The molecule has 0 bridgehead atoms. The summed E-state index contributed by atoms with van der Waals surface area (Å²) in [5.41, 5.74) is -0.948. The Labute approximate surface area is 144 Å². The van der Waals surface area contributed by atoms with Crippen LogP contribution >= 0.6 is 22.6 Å². The van der Waals surface area contributed by atoms with Crippen molar-refractivity contribution in [1.29, 1.82) is 0 Å². The molecule has 0 aliphatic rings. The van der Waals surface area contributed by atoms with Gasteiger partial charge in [0.1, 0.15) is 0 Å². The third-order valence-corrected chi connectivity index (χ3v) is 3.19. The molecule has 0 spiro atoms. The first-order chi connectivity index (χ1) is 10.3. The van der Waals surface area contributed by atoms with E-state index in [2.05, 4.69) is 4.74 Å². The van der Waals surface area contributed by atoms with Gasteiger partial charge in [0.15, 0.2) is 0 Å². The van der Waals surface area contributed by atoms with Gasteiger partial charge in [0.05, 0.1) is 23.9 Å². The van der Waals surface area contributed by atoms with Gasteiger partial charge in [-0.25, -0.2) is 9.59 Å². The average molecular weight is 426 g/mol. The van der Waals surface area contributed by atoms with Gasteiger partial charge < -0.3 is 18.6 Å². The van der Waals surface area contributed by atoms with Crippen LogP contribution in [0.15, 0.2) is 15.3 Å². The van der Waals surface area contributed by atoms with Crippen molar-refractivity contribution in [1.82, 2.24) is 0 Å². The first kappa shape index (κ1) is 20.9. The third kappa shape index (κ3) is 6.35. The first-order valence-corrected chi connectivity index (χ1v) is 7.92. The molecule has 126 valence electrons. The highest BCUT2D eigenvalue weighted by Crippen LogP contribution is 2.22. The summed E-state index contributed by atoms with van der Waals surface area (Å²) in [6.07, 6.45) is 0. The molecule has 22 heavy (non-hydrogen) atoms. The van der Waals surface area contributed by atoms with E-state index in [9.17, 15) is 9.59 Å². The quantitative estimate of drug-likeness (QED) is 0.514. The van der Waals surface area contributed by atoms with E-state index in [1.54, 1.807) is 7.11 Å². The molecule has 1 aromatic heterocycles. The number of methoxy groups -OCH3 is 2. The van der Waals surface area contributed by atoms with Crippen LogP contribution in [0, 0.1) is 8.99 Å². The van der Waals surface area contributed by atoms with Crippen LogP contribution in [0.5, 0.6) is 5.75 Å². The van der Waals surface area contributed by atoms with Crippen LogP contribution in [0.4, 0.5) is 0 Å². The van der Waals surface area contributed by atoms with Crippen molar-refractivity contribution in [3.63, 3.8) is 0 Å². The van der Waals surface area contributed by atoms with Gasteiger partial charge in [0.25, 0.3) is 0 Å². The molecule has 0 radical (unpaired) electrons. The Bertz CT molecular complexity index is 535. The molecule has 6 nitrogen and oxygen atoms in total. The van der Waals surface area contributed by atoms with Crippen LogP contribution in [0.25, 0.3) is 0 Å². The predicted molar refractivity (Wildman–Crippen MR) is 91.5 cm³/mol. The molecule has 0 aromatic carbocycles. The van der Waals surface area contributed by atoms with Crippen molar-refractivity contribution in [2.75, 3.05) is 27.4 Å². The van der Waals surface area contributed by atoms with Gasteiger partial charge >= 0.3 is 11.6 Å². The summed E-state index contributed by atoms with van der Waals surface area (Å²) in [5.74, 6) is -0.765. The highest BCUT2D eigenvalue weighted by molar-refractivity contribution is 14.1. The Morgan fingerprint density at radius 3 is 2.32 bits per heavy atom. The van der Waals surface area contributed by atoms with E-state index in [-0.39, 0.29) is 16.9 Å². The molecule has 1 rings (SSSR count). The minimum atomic E-state index is -0.703. The van der Waals surface area contributed by atoms with E-state index in [1.807, 2.05) is 50.3 Å². The standard InChI is InChI=1S/C13H17IO6.C2H6/c1-13(2,6-17-3)7-19-10-8(14)5-9(11(15)18-4)20-12(10)16;1-2/h5H,6-7H2,1-4H3;1-2H3. The topological polar surface area (TPSA) is 75.0 Å². The van der Waals surface area contributed by atoms with Crippen LogP contribution in [0.2, 0.25) is 0 Å². The second-order valence-corrected chi connectivity index (χ2v) is 6.11. The van der Waals surface area contributed by atoms with Crippen LogP contribution in [-0.4, -0.2) is 33.4 Å². The van der Waals surface area contributed by atoms with Gasteiger partial charge in [0, 0.05) is 18.6 Å². The lowest BCUT2D eigenvalue weighted by Gasteiger charge is -2.23. The van der Waals surface area contributed by atoms with Crippen molar-refractivity contribution >= 4 is 28.6 Å². The second-order valence-electron chi connectivity index (χ2n) is 4.95. The molecule has 0 fully saturated rings. The fourth-order valence-electron chi connectivity index (χ4n) is 1.48. The molecule has 0 atom stereocenters. The molecule has 0 aliphatic carbocycles. The summed E-state index contributed by atoms with van der Waals surface area (Å²) >= 11 is 1.91. The number of ether oxygens (including phenoxy) is 3. The number of hydrogen-bond donors (Lipinski definition) is 0. The van der Waals surface area contributed by atoms with E-state index in [4.69, 9.17) is 13.9 Å². The Hall–Kier alpha value is -1.09. The normalized spacial score (nSPS) is 10.5. The molecule has 1 heterocycles. The number of esters is 1. The lowest BCUT2D eigenvalue weighted by Crippen LogP contribution is -2.28. The zero-order valence-electron chi connectivity index (χ0n) is 13.8. The highest BCUT2D eigenvalue weighted by Gasteiger charge is 2.22. The Morgan fingerprint density at radius 1 is 1.27 bits per heavy atom. The summed E-state index contributed by atoms with van der Waals surface area (Å²) in [7, 11) is 2.82. The summed E-state index contributed by atoms with van der Waals surface area (Å²) in [6.45, 7) is 8.69. The van der Waals surface area contributed by atoms with Crippen molar-refractivity contribution in [2.24, 2.45) is 5.41 Å². The fraction of sp³-hybridized carbons (Fsp3) is 0.600. The maximum Gasteiger partial charge on any atom is 0.380 e. The van der Waals surface area contributed by atoms with Gasteiger partial charge in [-0.05, 0) is 22.6 Å². The summed E-state index contributed by atoms with van der Waals surface area (Å²) in [6, 6.07) is 1.41. The molecular formula is C15H23IO6. The van der Waals surface area contributed by atoms with Gasteiger partial charge in [0.2, 0.25) is 11.5 Å². The van der Waals surface area contributed by atoms with Crippen molar-refractivity contribution < 1.29 is 23.4 Å². The molecule has 0 N–H and O–H groups in total. The zero-order valence-corrected chi connectivity index (χ0v) is 16.0. The van der Waals surface area contributed by atoms with Gasteiger partial charge in [-0.3, -0.25) is 0 Å². The molecule has 0 saturated carbocycles. The summed E-state index contributed by atoms with van der Waals surface area (Å²) < 4.78 is 20.5. The number of halogens is 1. The molecule has 0 unspecified atom stereocenters. The van der Waals surface area contributed by atoms with Crippen molar-refractivity contribution in [2.45, 2.75) is 27.7 Å². The van der Waals surface area contributed by atoms with Crippen LogP contribution in [0.1, 0.15) is 38.2 Å². The predicted octanol–water partition coefficient (Wildman–Crippen LogP) is 3.11. The first-order valence-electron chi connectivity index (χ1n) is 6.84. The van der Waals surface area contributed by atoms with Gasteiger partial charge in [-0.1, -0.05) is 27.7 Å². The van der Waals surface area contributed by atoms with E-state index in [0.717, 1.165) is 0 Å². The monoisotopic (exact) mass is 426 g/mol. The maximum absolute atomic E-state index is 11.8. The Kier molecular flexibility index (Phi) is 9.34. The molecule has 1 aromatic rings. The van der Waals surface area contributed by atoms with Crippen molar-refractivity contribution in [3.8, 4) is 5.75 Å². The van der Waals surface area contributed by atoms with E-state index < -0.39 is 11.6 Å². The smallest absolute Gasteiger partial charge is 0.380 e. The second kappa shape index (κ2) is 9.83. The highest BCUT2D eigenvalue weighted by atomic mass is 127. The van der Waals surface area contributed by atoms with E-state index in [1.165, 1.54) is 13.2 Å². The molecule has 7 heteroatoms. The molecule has 0 aliphatic heterocycles. The van der Waals surface area contributed by atoms with Crippen LogP contribution in [-0.2, 0) is 9.47 Å². The number of carbonyl (C=O) groups is 1. The third-order valence-electron chi connectivity index (χ3n) is 2.39. The van der Waals surface area contributed by atoms with Crippen molar-refractivity contribution in [3.05, 3.63) is 25.8 Å². The number of hydrogen-bond acceptors (Lipinski definition) is 6. The van der Waals surface area contributed by atoms with Gasteiger partial charge in [-0.15, -0.1) is 0 Å². The molecule has 0 saturated heterocycles. The van der Waals surface area contributed by atoms with E-state index >= 15 is 0 Å². The van der Waals surface area contributed by atoms with E-state index in [0.29, 0.717) is 16.8 Å². The molecular weight excluding hydrogens is 403 g/mol. The minimum absolute atomic E-state index is 0.0856.